The fourth-order valence-corrected chi connectivity index (χ4v) is 2.84. The summed E-state index contributed by atoms with van der Waals surface area (Å²) in [7, 11) is 0. The molecule has 0 aromatic rings. The molecule has 0 bridgehead atoms. The second-order valence-electron chi connectivity index (χ2n) is 5.44. The minimum atomic E-state index is -0.851. The van der Waals surface area contributed by atoms with E-state index in [2.05, 4.69) is 35.9 Å². The molecular weight excluding hydrogens is 292 g/mol. The summed E-state index contributed by atoms with van der Waals surface area (Å²) in [5.41, 5.74) is 2.70. The molecule has 100 valence electrons. The standard InChI is InChI=1S/C15H21BrO2/c1-10(7-8-16)5-6-12-11(2)14(18)13(17)9-15(12,3)4/h5-7,13,17H,8-9H2,1-4H3/b6-5+,10-7+/t13-/m0/s1. The first-order valence-electron chi connectivity index (χ1n) is 6.14. The molecule has 1 atom stereocenters. The van der Waals surface area contributed by atoms with Crippen molar-refractivity contribution >= 4 is 21.7 Å². The lowest BCUT2D eigenvalue weighted by Gasteiger charge is -2.34. The van der Waals surface area contributed by atoms with E-state index in [4.69, 9.17) is 0 Å². The second kappa shape index (κ2) is 5.98. The molecule has 0 aromatic carbocycles. The third-order valence-electron chi connectivity index (χ3n) is 3.42. The summed E-state index contributed by atoms with van der Waals surface area (Å²) in [5.74, 6) is -0.143. The van der Waals surface area contributed by atoms with E-state index in [9.17, 15) is 9.90 Å². The summed E-state index contributed by atoms with van der Waals surface area (Å²) in [6.07, 6.45) is 5.74. The molecule has 0 radical (unpaired) electrons. The van der Waals surface area contributed by atoms with Crippen LogP contribution in [0.15, 0.2) is 34.9 Å². The van der Waals surface area contributed by atoms with Gasteiger partial charge in [0.25, 0.3) is 0 Å². The molecule has 0 saturated heterocycles. The number of ketones is 1. The van der Waals surface area contributed by atoms with E-state index in [1.54, 1.807) is 6.92 Å². The van der Waals surface area contributed by atoms with Gasteiger partial charge < -0.3 is 5.11 Å². The zero-order valence-electron chi connectivity index (χ0n) is 11.5. The maximum atomic E-state index is 11.8. The van der Waals surface area contributed by atoms with Crippen molar-refractivity contribution in [1.82, 2.24) is 0 Å². The van der Waals surface area contributed by atoms with Gasteiger partial charge in [0.2, 0.25) is 0 Å². The molecule has 1 N–H and O–H groups in total. The van der Waals surface area contributed by atoms with Crippen LogP contribution in [0.2, 0.25) is 0 Å². The predicted octanol–water partition coefficient (Wildman–Crippen LogP) is 3.56. The van der Waals surface area contributed by atoms with Crippen LogP contribution in [-0.2, 0) is 4.79 Å². The van der Waals surface area contributed by atoms with Crippen molar-refractivity contribution in [2.24, 2.45) is 5.41 Å². The van der Waals surface area contributed by atoms with E-state index in [0.717, 1.165) is 16.5 Å². The highest BCUT2D eigenvalue weighted by atomic mass is 79.9. The SMILES string of the molecule is CC1=C(/C=C/C(C)=C/CBr)C(C)(C)C[C@H](O)C1=O. The van der Waals surface area contributed by atoms with Crippen LogP contribution in [0.5, 0.6) is 0 Å². The average molecular weight is 313 g/mol. The van der Waals surface area contributed by atoms with Gasteiger partial charge >= 0.3 is 0 Å². The van der Waals surface area contributed by atoms with Gasteiger partial charge in [-0.3, -0.25) is 4.79 Å². The number of carbonyl (C=O) groups excluding carboxylic acids is 1. The lowest BCUT2D eigenvalue weighted by molar-refractivity contribution is -0.125. The third kappa shape index (κ3) is 3.42. The van der Waals surface area contributed by atoms with Gasteiger partial charge in [0.05, 0.1) is 0 Å². The lowest BCUT2D eigenvalue weighted by atomic mass is 9.71. The van der Waals surface area contributed by atoms with Crippen LogP contribution in [0.3, 0.4) is 0 Å². The monoisotopic (exact) mass is 312 g/mol. The topological polar surface area (TPSA) is 37.3 Å². The Morgan fingerprint density at radius 1 is 1.56 bits per heavy atom. The molecule has 3 heteroatoms. The molecule has 0 unspecified atom stereocenters. The van der Waals surface area contributed by atoms with E-state index in [0.29, 0.717) is 12.0 Å². The first-order chi connectivity index (χ1) is 8.29. The van der Waals surface area contributed by atoms with Gasteiger partial charge in [0.15, 0.2) is 5.78 Å². The summed E-state index contributed by atoms with van der Waals surface area (Å²) in [6, 6.07) is 0. The molecule has 0 fully saturated rings. The summed E-state index contributed by atoms with van der Waals surface area (Å²) >= 11 is 3.36. The maximum absolute atomic E-state index is 11.8. The zero-order chi connectivity index (χ0) is 13.9. The van der Waals surface area contributed by atoms with E-state index < -0.39 is 6.10 Å². The smallest absolute Gasteiger partial charge is 0.187 e. The van der Waals surface area contributed by atoms with E-state index >= 15 is 0 Å². The molecule has 0 spiro atoms. The Balaban J connectivity index is 3.11. The van der Waals surface area contributed by atoms with Crippen molar-refractivity contribution in [2.75, 3.05) is 5.33 Å². The molecule has 0 amide bonds. The summed E-state index contributed by atoms with van der Waals surface area (Å²) in [4.78, 5) is 11.8. The summed E-state index contributed by atoms with van der Waals surface area (Å²) in [6.45, 7) is 7.96. The molecule has 0 heterocycles. The van der Waals surface area contributed by atoms with Crippen molar-refractivity contribution in [3.05, 3.63) is 34.9 Å². The van der Waals surface area contributed by atoms with Crippen LogP contribution in [0.1, 0.15) is 34.1 Å². The van der Waals surface area contributed by atoms with Gasteiger partial charge in [0, 0.05) is 5.33 Å². The number of rotatable bonds is 3. The summed E-state index contributed by atoms with van der Waals surface area (Å²) < 4.78 is 0. The van der Waals surface area contributed by atoms with Crippen LogP contribution < -0.4 is 0 Å². The molecule has 0 aliphatic heterocycles. The highest BCUT2D eigenvalue weighted by Gasteiger charge is 2.36. The van der Waals surface area contributed by atoms with Crippen molar-refractivity contribution < 1.29 is 9.90 Å². The Morgan fingerprint density at radius 3 is 2.72 bits per heavy atom. The highest BCUT2D eigenvalue weighted by molar-refractivity contribution is 9.09. The zero-order valence-corrected chi connectivity index (χ0v) is 13.0. The molecule has 1 aliphatic carbocycles. The largest absolute Gasteiger partial charge is 0.385 e. The average Bonchev–Trinajstić information content (AvgIpc) is 2.25. The van der Waals surface area contributed by atoms with Gasteiger partial charge in [-0.2, -0.15) is 0 Å². The lowest BCUT2D eigenvalue weighted by Crippen LogP contribution is -2.35. The summed E-state index contributed by atoms with van der Waals surface area (Å²) in [5, 5.41) is 10.6. The molecule has 1 rings (SSSR count). The van der Waals surface area contributed by atoms with Crippen molar-refractivity contribution in [1.29, 1.82) is 0 Å². The van der Waals surface area contributed by atoms with E-state index in [1.807, 2.05) is 19.1 Å². The highest BCUT2D eigenvalue weighted by Crippen LogP contribution is 2.39. The molecule has 0 saturated carbocycles. The molecule has 0 aromatic heterocycles. The third-order valence-corrected chi connectivity index (χ3v) is 3.74. The number of carbonyl (C=O) groups is 1. The number of halogens is 1. The number of Topliss-reactive ketones (excluding diaryl/α,β-unsaturated/α-hetero) is 1. The minimum absolute atomic E-state index is 0.143. The first kappa shape index (κ1) is 15.4. The van der Waals surface area contributed by atoms with Gasteiger partial charge in [-0.05, 0) is 36.8 Å². The Labute approximate surface area is 118 Å². The van der Waals surface area contributed by atoms with Gasteiger partial charge in [-0.15, -0.1) is 0 Å². The van der Waals surface area contributed by atoms with Gasteiger partial charge in [0.1, 0.15) is 6.10 Å². The van der Waals surface area contributed by atoms with Crippen LogP contribution >= 0.6 is 15.9 Å². The Hall–Kier alpha value is -0.670. The maximum Gasteiger partial charge on any atom is 0.187 e. The predicted molar refractivity (Wildman–Crippen MR) is 78.8 cm³/mol. The fourth-order valence-electron chi connectivity index (χ4n) is 2.33. The van der Waals surface area contributed by atoms with Crippen molar-refractivity contribution in [3.8, 4) is 0 Å². The molecule has 1 aliphatic rings. The van der Waals surface area contributed by atoms with Crippen LogP contribution in [0.25, 0.3) is 0 Å². The van der Waals surface area contributed by atoms with E-state index in [1.165, 1.54) is 0 Å². The number of hydrogen-bond acceptors (Lipinski definition) is 2. The van der Waals surface area contributed by atoms with Crippen molar-refractivity contribution in [2.45, 2.75) is 40.2 Å². The number of aliphatic hydroxyl groups is 1. The first-order valence-corrected chi connectivity index (χ1v) is 7.26. The normalized spacial score (nSPS) is 25.1. The molecule has 2 nitrogen and oxygen atoms in total. The van der Waals surface area contributed by atoms with E-state index in [-0.39, 0.29) is 11.2 Å². The Kier molecular flexibility index (Phi) is 5.11. The fraction of sp³-hybridized carbons (Fsp3) is 0.533. The quantitative estimate of drug-likeness (QED) is 0.639. The molecular formula is C15H21BrO2. The van der Waals surface area contributed by atoms with Crippen LogP contribution in [0.4, 0.5) is 0 Å². The number of hydrogen-bond donors (Lipinski definition) is 1. The van der Waals surface area contributed by atoms with Crippen molar-refractivity contribution in [3.63, 3.8) is 0 Å². The molecule has 18 heavy (non-hydrogen) atoms. The minimum Gasteiger partial charge on any atom is -0.385 e. The van der Waals surface area contributed by atoms with Gasteiger partial charge in [-0.25, -0.2) is 0 Å². The Morgan fingerprint density at radius 2 is 2.17 bits per heavy atom. The number of allylic oxidation sites excluding steroid dienone is 5. The second-order valence-corrected chi connectivity index (χ2v) is 6.09. The van der Waals surface area contributed by atoms with Gasteiger partial charge in [-0.1, -0.05) is 53.6 Å². The number of alkyl halides is 1. The van der Waals surface area contributed by atoms with Crippen LogP contribution in [0, 0.1) is 5.41 Å². The number of aliphatic hydroxyl groups excluding tert-OH is 1. The van der Waals surface area contributed by atoms with Crippen LogP contribution in [-0.4, -0.2) is 22.3 Å². The Bertz CT molecular complexity index is 428.